The van der Waals surface area contributed by atoms with Crippen molar-refractivity contribution in [2.75, 3.05) is 39.6 Å². The highest BCUT2D eigenvalue weighted by molar-refractivity contribution is 6.06. The van der Waals surface area contributed by atoms with Crippen LogP contribution in [0, 0.1) is 0 Å². The van der Waals surface area contributed by atoms with Gasteiger partial charge in [0.1, 0.15) is 166 Å². The molecule has 50 nitrogen and oxygen atoms in total. The maximum absolute atomic E-state index is 12.3. The summed E-state index contributed by atoms with van der Waals surface area (Å²) < 4.78 is 74.9. The average Bonchev–Trinajstić information content (AvgIpc) is 1.67. The number of nitrogens with two attached hydrogens (primary N) is 1. The highest BCUT2D eigenvalue weighted by Crippen LogP contribution is 2.36. The molecule has 53 heteroatoms. The van der Waals surface area contributed by atoms with Crippen molar-refractivity contribution < 1.29 is 168 Å². The Morgan fingerprint density at radius 3 is 0.983 bits per heavy atom. The third-order valence-electron chi connectivity index (χ3n) is 18.3. The topological polar surface area (TPSA) is 762 Å². The fraction of sp³-hybridized carbons (Fsp3) is 0.585. The van der Waals surface area contributed by atoms with Crippen LogP contribution in [0.3, 0.4) is 0 Å². The third-order valence-corrected chi connectivity index (χ3v) is 18.3. The average molecular weight is 1690 g/mol. The molecule has 6 aromatic heterocycles. The van der Waals surface area contributed by atoms with Gasteiger partial charge in [-0.2, -0.15) is 33.6 Å². The lowest BCUT2D eigenvalue weighted by Crippen LogP contribution is -2.33. The van der Waals surface area contributed by atoms with Crippen LogP contribution in [0.1, 0.15) is 138 Å². The first-order valence-electron chi connectivity index (χ1n) is 35.4. The zero-order chi connectivity index (χ0) is 86.5. The number of carbonyl (C=O) groups excluding carboxylic acids is 3. The highest BCUT2D eigenvalue weighted by Gasteiger charge is 2.50. The number of hydrogen-bond donors (Lipinski definition) is 23. The van der Waals surface area contributed by atoms with Crippen LogP contribution in [-0.2, 0) is 33.2 Å². The zero-order valence-electron chi connectivity index (χ0n) is 61.6. The van der Waals surface area contributed by atoms with Crippen molar-refractivity contribution in [3.8, 4) is 0 Å². The van der Waals surface area contributed by atoms with Crippen LogP contribution in [0.4, 0.5) is 13.2 Å². The number of carbonyl (C=O) groups is 3. The second kappa shape index (κ2) is 41.2. The summed E-state index contributed by atoms with van der Waals surface area (Å²) in [5.41, 5.74) is 6.04. The van der Waals surface area contributed by atoms with Crippen LogP contribution in [0.25, 0.3) is 0 Å². The van der Waals surface area contributed by atoms with Crippen LogP contribution < -0.4 is 5.73 Å². The molecule has 0 bridgehead atoms. The number of amides is 1. The number of Topliss-reactive ketones (excluding diaryl/α,β-unsaturated/α-hetero) is 1. The normalized spacial score (nSPS) is 31.4. The predicted molar refractivity (Wildman–Crippen MR) is 369 cm³/mol. The molecule has 24 N–H and O–H groups in total. The number of aliphatic hydroxyl groups is 22. The summed E-state index contributed by atoms with van der Waals surface area (Å²) in [6, 6.07) is 17.5. The van der Waals surface area contributed by atoms with Gasteiger partial charge in [0.25, 0.3) is 0 Å². The summed E-state index contributed by atoms with van der Waals surface area (Å²) in [7, 11) is 0. The molecule has 0 aliphatic carbocycles. The Morgan fingerprint density at radius 1 is 0.398 bits per heavy atom. The van der Waals surface area contributed by atoms with Crippen molar-refractivity contribution in [3.05, 3.63) is 145 Å². The lowest BCUT2D eigenvalue weighted by atomic mass is 10.1. The molecule has 1 amide bonds. The maximum atomic E-state index is 12.3. The molecule has 6 aliphatic rings. The Balaban J connectivity index is 0.000000162. The van der Waals surface area contributed by atoms with E-state index >= 15 is 0 Å². The highest BCUT2D eigenvalue weighted by atomic mass is 19.4. The summed E-state index contributed by atoms with van der Waals surface area (Å²) in [5.74, 6) is -2.02. The number of halogens is 3. The fourth-order valence-corrected chi connectivity index (χ4v) is 11.8. The van der Waals surface area contributed by atoms with Crippen LogP contribution in [0.15, 0.2) is 98.6 Å². The van der Waals surface area contributed by atoms with Crippen LogP contribution in [0.5, 0.6) is 0 Å². The molecule has 0 saturated carbocycles. The molecule has 6 saturated heterocycles. The van der Waals surface area contributed by atoms with Crippen molar-refractivity contribution in [1.29, 1.82) is 0 Å². The van der Waals surface area contributed by atoms with Crippen LogP contribution >= 0.6 is 0 Å². The van der Waals surface area contributed by atoms with Gasteiger partial charge >= 0.3 is 6.18 Å². The lowest BCUT2D eigenvalue weighted by Gasteiger charge is -2.14. The number of aliphatic hydroxyl groups excluding tert-OH is 22. The van der Waals surface area contributed by atoms with E-state index in [1.165, 1.54) is 59.5 Å². The Morgan fingerprint density at radius 2 is 0.678 bits per heavy atom. The monoisotopic (exact) mass is 1690 g/mol. The molecule has 118 heavy (non-hydrogen) atoms. The first-order valence-corrected chi connectivity index (χ1v) is 35.4. The van der Waals surface area contributed by atoms with E-state index in [-0.39, 0.29) is 47.1 Å². The van der Waals surface area contributed by atoms with Crippen molar-refractivity contribution in [1.82, 2.24) is 88.6 Å². The first-order chi connectivity index (χ1) is 56.0. The molecule has 28 atom stereocenters. The molecule has 10 unspecified atom stereocenters. The van der Waals surface area contributed by atoms with E-state index in [1.54, 1.807) is 54.6 Å². The Hall–Kier alpha value is -9.24. The van der Waals surface area contributed by atoms with E-state index in [1.807, 2.05) is 6.07 Å². The van der Waals surface area contributed by atoms with Crippen molar-refractivity contribution in [2.24, 2.45) is 5.73 Å². The van der Waals surface area contributed by atoms with E-state index in [4.69, 9.17) is 69.9 Å². The number of rotatable bonds is 22. The number of nitrogens with zero attached hydrogens (tertiary/aromatic N) is 18. The molecular weight excluding hydrogens is 1600 g/mol. The molecule has 0 spiro atoms. The second-order valence-corrected chi connectivity index (χ2v) is 26.7. The molecule has 2 aromatic carbocycles. The summed E-state index contributed by atoms with van der Waals surface area (Å²) in [5, 5.41) is 231. The number of alkyl halides is 3. The molecule has 650 valence electrons. The van der Waals surface area contributed by atoms with Gasteiger partial charge in [-0.15, -0.1) is 10.2 Å². The maximum Gasteiger partial charge on any atom is 0.421 e. The van der Waals surface area contributed by atoms with Crippen molar-refractivity contribution in [3.63, 3.8) is 0 Å². The Bertz CT molecular complexity index is 4440. The smallest absolute Gasteiger partial charge is 0.394 e. The largest absolute Gasteiger partial charge is 0.421 e. The molecular formula is C65H88F3N19O31. The fourth-order valence-electron chi connectivity index (χ4n) is 11.8. The van der Waals surface area contributed by atoms with Gasteiger partial charge in [0.15, 0.2) is 66.4 Å². The third kappa shape index (κ3) is 21.7. The Labute approximate surface area is 660 Å². The van der Waals surface area contributed by atoms with Gasteiger partial charge < -0.3 is 146 Å². The predicted octanol–water partition coefficient (Wildman–Crippen LogP) is -10.6. The van der Waals surface area contributed by atoms with Gasteiger partial charge in [-0.25, -0.2) is 58.0 Å². The minimum absolute atomic E-state index is 0.00254. The molecule has 14 rings (SSSR count). The van der Waals surface area contributed by atoms with E-state index in [9.17, 15) is 104 Å². The minimum Gasteiger partial charge on any atom is -0.394 e. The quantitative estimate of drug-likeness (QED) is 0.0280. The van der Waals surface area contributed by atoms with E-state index < -0.39 is 229 Å². The summed E-state index contributed by atoms with van der Waals surface area (Å²) >= 11 is 0. The number of benzene rings is 2. The van der Waals surface area contributed by atoms with Gasteiger partial charge in [-0.3, -0.25) is 14.4 Å². The lowest BCUT2D eigenvalue weighted by molar-refractivity contribution is -0.209. The van der Waals surface area contributed by atoms with Gasteiger partial charge in [-0.05, 0) is 12.5 Å². The van der Waals surface area contributed by atoms with E-state index in [0.29, 0.717) is 11.1 Å². The van der Waals surface area contributed by atoms with E-state index in [2.05, 4.69) is 60.5 Å². The first kappa shape index (κ1) is 92.6. The summed E-state index contributed by atoms with van der Waals surface area (Å²) in [6.07, 6.45) is -31.0. The molecule has 12 heterocycles. The molecule has 6 fully saturated rings. The minimum atomic E-state index is -4.92. The molecule has 6 aliphatic heterocycles. The standard InChI is InChI=1S/C14H17N3O5.C14H15N3O5.C10H16N4O6.C9H12F3N3O5.C9H15N3O5.C9H13N3O5/c2*18-6-9-11(20)12(21)14(22-9)17-7-15-13(16-17)10(19)8-4-2-1-3-5-8;11-6(17)1-4(16)9-12-3-14(13-9)10-8(19)7(18)5(2-15)20-10;10-9(11,12)6(19)7-13-2-15(14-7)8-5(18)4(17)3(1-16)20-8;2*1-4(14)8-10-3-12(11-8)9-7(16)6(15)5(2-13)17-9/h1-5,7,9-12,14,18-21H,6H2;1-5,7,9,11-12,14,18,20-21H,6H2;3-5,7-8,10,15-16,18-19H,1-2H2,(H2,11,17);2-6,8,16-19H,1H2;3-7,9,13-16H,2H2,1H3;3,5-7,9,13,15-16H,2H2,1H3/t9-,10?,11?,12+,14-;9-,11?,12+,14-;4?,5-,7?,8+,10-;3-,4?,5+,6?,8-;4?,5-,6?,7+,9-;5-,6?,7+,9-/m111111/s1. The number of hydrogen-bond acceptors (Lipinski definition) is 43. The van der Waals surface area contributed by atoms with Crippen LogP contribution in [-0.4, -0.2) is 374 Å². The van der Waals surface area contributed by atoms with Crippen molar-refractivity contribution >= 4 is 17.5 Å². The number of aromatic nitrogens is 18. The van der Waals surface area contributed by atoms with E-state index in [0.717, 1.165) is 20.4 Å². The van der Waals surface area contributed by atoms with Gasteiger partial charge in [0.2, 0.25) is 29.4 Å². The Kier molecular flexibility index (Phi) is 32.3. The summed E-state index contributed by atoms with van der Waals surface area (Å²) in [6.45, 7) is 0.133. The molecule has 8 aromatic rings. The SMILES string of the molecule is CC(=O)c1ncn([C@@H]2O[C@H](CO)C(O)[C@@H]2O)n1.CC(O)c1ncn([C@@H]2O[C@H](CO)C(O)[C@@H]2O)n1.NC(=O)CC(O)c1ncn([C@@H]2O[C@H](CO)C(O)[C@@H]2O)n1.O=C(c1ccccc1)c1ncn([C@@H]2O[C@H](CO)C(O)[C@@H]2O)n1.OC[C@H]1O[C@@H](n2cnc(C(O)C(F)(F)F)n2)[C@@H](O)C1O.OC[C@H]1O[C@@H](n2cnc(C(O)c3ccccc3)n2)[C@@H](O)C1O. The van der Waals surface area contributed by atoms with Gasteiger partial charge in [-0.1, -0.05) is 60.7 Å². The van der Waals surface area contributed by atoms with Crippen LogP contribution in [0.2, 0.25) is 0 Å². The van der Waals surface area contributed by atoms with Gasteiger partial charge in [0.05, 0.1) is 46.1 Å². The number of primary amides is 1. The zero-order valence-corrected chi connectivity index (χ0v) is 61.6. The summed E-state index contributed by atoms with van der Waals surface area (Å²) in [4.78, 5) is 56.5. The molecule has 0 radical (unpaired) electrons. The number of ether oxygens (including phenoxy) is 6. The second-order valence-electron chi connectivity index (χ2n) is 26.7. The van der Waals surface area contributed by atoms with Gasteiger partial charge in [0, 0.05) is 12.5 Å². The van der Waals surface area contributed by atoms with Crippen molar-refractivity contribution in [2.45, 2.75) is 198 Å². The number of ketones is 2.